The van der Waals surface area contributed by atoms with Gasteiger partial charge in [-0.2, -0.15) is 17.5 Å². The molecule has 1 fully saturated rings. The third-order valence-corrected chi connectivity index (χ3v) is 7.67. The van der Waals surface area contributed by atoms with Crippen LogP contribution in [0.3, 0.4) is 0 Å². The zero-order valence-electron chi connectivity index (χ0n) is 16.7. The lowest BCUT2D eigenvalue weighted by Crippen LogP contribution is -2.43. The summed E-state index contributed by atoms with van der Waals surface area (Å²) >= 11 is 6.16. The molecule has 0 spiro atoms. The molecule has 2 aromatic carbocycles. The Labute approximate surface area is 184 Å². The van der Waals surface area contributed by atoms with Gasteiger partial charge in [0.25, 0.3) is 0 Å². The molecule has 1 heterocycles. The van der Waals surface area contributed by atoms with Gasteiger partial charge in [-0.3, -0.25) is 4.79 Å². The third-order valence-electron chi connectivity index (χ3n) is 5.37. The number of benzene rings is 2. The lowest BCUT2D eigenvalue weighted by molar-refractivity contribution is -0.139. The number of nitrogens with zero attached hydrogens (tertiary/aromatic N) is 1. The molecule has 3 rings (SSSR count). The number of sulfonamides is 1. The van der Waals surface area contributed by atoms with Crippen molar-refractivity contribution in [1.29, 1.82) is 0 Å². The zero-order chi connectivity index (χ0) is 22.8. The second-order valence-electron chi connectivity index (χ2n) is 7.42. The maximum Gasteiger partial charge on any atom is 0.417 e. The number of amides is 1. The minimum atomic E-state index is -4.78. The van der Waals surface area contributed by atoms with Gasteiger partial charge in [-0.15, -0.1) is 0 Å². The number of hydrogen-bond acceptors (Lipinski definition) is 3. The van der Waals surface area contributed by atoms with Crippen LogP contribution >= 0.6 is 11.6 Å². The highest BCUT2D eigenvalue weighted by molar-refractivity contribution is 7.89. The zero-order valence-corrected chi connectivity index (χ0v) is 18.3. The van der Waals surface area contributed by atoms with Gasteiger partial charge in [-0.25, -0.2) is 8.42 Å². The Balaban J connectivity index is 1.67. The summed E-state index contributed by atoms with van der Waals surface area (Å²) < 4.78 is 66.5. The van der Waals surface area contributed by atoms with Crippen molar-refractivity contribution >= 4 is 27.5 Å². The van der Waals surface area contributed by atoms with E-state index in [9.17, 15) is 26.4 Å². The molecule has 1 amide bonds. The van der Waals surface area contributed by atoms with Crippen LogP contribution in [0.5, 0.6) is 0 Å². The van der Waals surface area contributed by atoms with E-state index in [-0.39, 0.29) is 37.9 Å². The summed E-state index contributed by atoms with van der Waals surface area (Å²) in [6.07, 6.45) is -4.35. The highest BCUT2D eigenvalue weighted by atomic mass is 35.5. The van der Waals surface area contributed by atoms with E-state index in [0.29, 0.717) is 5.02 Å². The second-order valence-corrected chi connectivity index (χ2v) is 9.74. The van der Waals surface area contributed by atoms with Crippen LogP contribution in [0, 0.1) is 5.92 Å². The van der Waals surface area contributed by atoms with E-state index in [1.807, 2.05) is 6.07 Å². The van der Waals surface area contributed by atoms with E-state index in [4.69, 9.17) is 11.6 Å². The molecule has 1 atom stereocenters. The molecule has 1 unspecified atom stereocenters. The number of carbonyl (C=O) groups excluding carboxylic acids is 1. The van der Waals surface area contributed by atoms with Crippen molar-refractivity contribution in [3.05, 3.63) is 64.7 Å². The first-order chi connectivity index (χ1) is 14.5. The molecule has 1 saturated heterocycles. The minimum absolute atomic E-state index is 0.0346. The van der Waals surface area contributed by atoms with Gasteiger partial charge in [0.05, 0.1) is 16.5 Å². The van der Waals surface area contributed by atoms with Gasteiger partial charge in [0.1, 0.15) is 0 Å². The number of carbonyl (C=O) groups is 1. The highest BCUT2D eigenvalue weighted by Gasteiger charge is 2.40. The molecule has 10 heteroatoms. The van der Waals surface area contributed by atoms with Gasteiger partial charge in [0.15, 0.2) is 0 Å². The van der Waals surface area contributed by atoms with Crippen molar-refractivity contribution in [3.8, 4) is 0 Å². The maximum absolute atomic E-state index is 13.3. The van der Waals surface area contributed by atoms with Crippen molar-refractivity contribution in [2.75, 3.05) is 13.1 Å². The number of halogens is 4. The predicted octanol–water partition coefficient (Wildman–Crippen LogP) is 4.64. The van der Waals surface area contributed by atoms with Crippen molar-refractivity contribution in [1.82, 2.24) is 9.62 Å². The fourth-order valence-electron chi connectivity index (χ4n) is 3.66. The normalized spacial score (nSPS) is 17.3. The van der Waals surface area contributed by atoms with E-state index in [1.54, 1.807) is 25.1 Å². The minimum Gasteiger partial charge on any atom is -0.349 e. The van der Waals surface area contributed by atoms with Crippen LogP contribution in [-0.4, -0.2) is 31.7 Å². The summed E-state index contributed by atoms with van der Waals surface area (Å²) in [5.41, 5.74) is -0.426. The summed E-state index contributed by atoms with van der Waals surface area (Å²) in [6, 6.07) is 10.9. The molecule has 1 aliphatic heterocycles. The molecule has 168 valence electrons. The van der Waals surface area contributed by atoms with Crippen LogP contribution in [0.1, 0.15) is 36.9 Å². The monoisotopic (exact) mass is 474 g/mol. The molecule has 0 radical (unpaired) electrons. The van der Waals surface area contributed by atoms with Crippen molar-refractivity contribution in [2.45, 2.75) is 36.9 Å². The topological polar surface area (TPSA) is 66.5 Å². The predicted molar refractivity (Wildman–Crippen MR) is 111 cm³/mol. The Morgan fingerprint density at radius 2 is 1.68 bits per heavy atom. The standard InChI is InChI=1S/C21H22ClF3N2O3S/c1-14(16-6-2-4-8-18(16)22)26-20(28)15-10-12-27(13-11-15)31(29,30)19-9-5-3-7-17(19)21(23,24)25/h2-9,14-15H,10-13H2,1H3,(H,26,28). The average Bonchev–Trinajstić information content (AvgIpc) is 2.73. The van der Waals surface area contributed by atoms with E-state index in [2.05, 4.69) is 5.32 Å². The number of piperidine rings is 1. The molecular formula is C21H22ClF3N2O3S. The van der Waals surface area contributed by atoms with E-state index < -0.39 is 32.6 Å². The summed E-state index contributed by atoms with van der Waals surface area (Å²) in [6.45, 7) is 1.73. The molecule has 0 aliphatic carbocycles. The molecule has 2 aromatic rings. The maximum atomic E-state index is 13.3. The number of rotatable bonds is 5. The lowest BCUT2D eigenvalue weighted by Gasteiger charge is -2.31. The van der Waals surface area contributed by atoms with Gasteiger partial charge < -0.3 is 5.32 Å². The van der Waals surface area contributed by atoms with Crippen molar-refractivity contribution < 1.29 is 26.4 Å². The Hall–Kier alpha value is -2.10. The number of hydrogen-bond donors (Lipinski definition) is 1. The fourth-order valence-corrected chi connectivity index (χ4v) is 5.64. The van der Waals surface area contributed by atoms with Crippen LogP contribution in [0.2, 0.25) is 5.02 Å². The highest BCUT2D eigenvalue weighted by Crippen LogP contribution is 2.36. The lowest BCUT2D eigenvalue weighted by atomic mass is 9.96. The molecule has 0 bridgehead atoms. The second kappa shape index (κ2) is 9.18. The summed E-state index contributed by atoms with van der Waals surface area (Å²) in [5.74, 6) is -0.672. The first-order valence-corrected chi connectivity index (χ1v) is 11.5. The molecule has 1 aliphatic rings. The van der Waals surface area contributed by atoms with Crippen LogP contribution in [-0.2, 0) is 21.0 Å². The molecule has 31 heavy (non-hydrogen) atoms. The third kappa shape index (κ3) is 5.22. The van der Waals surface area contributed by atoms with E-state index in [0.717, 1.165) is 28.1 Å². The number of nitrogens with one attached hydrogen (secondary N) is 1. The van der Waals surface area contributed by atoms with Gasteiger partial charge in [0.2, 0.25) is 15.9 Å². The summed E-state index contributed by atoms with van der Waals surface area (Å²) in [7, 11) is -4.33. The van der Waals surface area contributed by atoms with Crippen LogP contribution in [0.4, 0.5) is 13.2 Å². The first kappa shape index (κ1) is 23.6. The Morgan fingerprint density at radius 1 is 1.10 bits per heavy atom. The smallest absolute Gasteiger partial charge is 0.349 e. The molecule has 5 nitrogen and oxygen atoms in total. The first-order valence-electron chi connectivity index (χ1n) is 9.73. The van der Waals surface area contributed by atoms with Crippen LogP contribution < -0.4 is 5.32 Å². The summed E-state index contributed by atoms with van der Waals surface area (Å²) in [5, 5.41) is 3.41. The quantitative estimate of drug-likeness (QED) is 0.686. The number of alkyl halides is 3. The molecule has 0 aromatic heterocycles. The SMILES string of the molecule is CC(NC(=O)C1CCN(S(=O)(=O)c2ccccc2C(F)(F)F)CC1)c1ccccc1Cl. The fraction of sp³-hybridized carbons (Fsp3) is 0.381. The van der Waals surface area contributed by atoms with Crippen LogP contribution in [0.15, 0.2) is 53.4 Å². The Morgan fingerprint density at radius 3 is 2.29 bits per heavy atom. The molecule has 0 saturated carbocycles. The van der Waals surface area contributed by atoms with Crippen molar-refractivity contribution in [2.24, 2.45) is 5.92 Å². The van der Waals surface area contributed by atoms with E-state index >= 15 is 0 Å². The van der Waals surface area contributed by atoms with Gasteiger partial charge in [0, 0.05) is 24.0 Å². The average molecular weight is 475 g/mol. The summed E-state index contributed by atoms with van der Waals surface area (Å²) in [4.78, 5) is 11.9. The Bertz CT molecular complexity index is 1050. The van der Waals surface area contributed by atoms with Gasteiger partial charge >= 0.3 is 6.18 Å². The Kier molecular flexibility index (Phi) is 6.98. The molecule has 1 N–H and O–H groups in total. The van der Waals surface area contributed by atoms with Crippen LogP contribution in [0.25, 0.3) is 0 Å². The van der Waals surface area contributed by atoms with Crippen molar-refractivity contribution in [3.63, 3.8) is 0 Å². The molecular weight excluding hydrogens is 453 g/mol. The largest absolute Gasteiger partial charge is 0.417 e. The van der Waals surface area contributed by atoms with Gasteiger partial charge in [-0.1, -0.05) is 41.9 Å². The van der Waals surface area contributed by atoms with E-state index in [1.165, 1.54) is 6.07 Å². The van der Waals surface area contributed by atoms with Gasteiger partial charge in [-0.05, 0) is 43.5 Å².